The number of hydrogen-bond donors (Lipinski definition) is 2. The maximum Gasteiger partial charge on any atom is 0.342 e. The number of carbonyl (C=O) groups excluding carboxylic acids is 5. The van der Waals surface area contributed by atoms with Gasteiger partial charge in [-0.25, -0.2) is 9.59 Å². The lowest BCUT2D eigenvalue weighted by Crippen LogP contribution is -2.41. The van der Waals surface area contributed by atoms with Crippen molar-refractivity contribution in [3.8, 4) is 5.75 Å². The van der Waals surface area contributed by atoms with Crippen molar-refractivity contribution in [2.45, 2.75) is 6.54 Å². The third-order valence-electron chi connectivity index (χ3n) is 4.70. The van der Waals surface area contributed by atoms with Crippen molar-refractivity contribution in [2.24, 2.45) is 0 Å². The highest BCUT2D eigenvalue weighted by atomic mass is 16.5. The lowest BCUT2D eigenvalue weighted by Gasteiger charge is -2.16. The number of amides is 5. The molecule has 2 aromatic rings. The molecule has 0 spiro atoms. The third kappa shape index (κ3) is 5.24. The Bertz CT molecular complexity index is 1110. The number of urea groups is 1. The van der Waals surface area contributed by atoms with Crippen LogP contribution in [0, 0.1) is 0 Å². The van der Waals surface area contributed by atoms with Crippen LogP contribution in [0.3, 0.4) is 0 Å². The second kappa shape index (κ2) is 10.2. The third-order valence-corrected chi connectivity index (χ3v) is 4.70. The fraction of sp³-hybridized carbons (Fsp3) is 0.174. The molecule has 33 heavy (non-hydrogen) atoms. The van der Waals surface area contributed by atoms with Gasteiger partial charge < -0.3 is 14.8 Å². The van der Waals surface area contributed by atoms with Crippen LogP contribution >= 0.6 is 0 Å². The normalized spacial score (nSPS) is 12.1. The number of fused-ring (bicyclic) bond motifs is 1. The molecule has 10 heteroatoms. The first-order chi connectivity index (χ1) is 15.8. The maximum absolute atomic E-state index is 12.6. The van der Waals surface area contributed by atoms with Crippen molar-refractivity contribution in [1.29, 1.82) is 0 Å². The zero-order valence-electron chi connectivity index (χ0n) is 17.8. The van der Waals surface area contributed by atoms with Gasteiger partial charge in [0.05, 0.1) is 24.8 Å². The van der Waals surface area contributed by atoms with Crippen molar-refractivity contribution < 1.29 is 33.4 Å². The Balaban J connectivity index is 1.68. The van der Waals surface area contributed by atoms with E-state index < -0.39 is 36.3 Å². The molecule has 1 aliphatic rings. The summed E-state index contributed by atoms with van der Waals surface area (Å²) in [6, 6.07) is 10.3. The van der Waals surface area contributed by atoms with Crippen LogP contribution in [0.1, 0.15) is 36.6 Å². The Hall–Kier alpha value is -4.47. The van der Waals surface area contributed by atoms with Gasteiger partial charge in [-0.1, -0.05) is 24.3 Å². The summed E-state index contributed by atoms with van der Waals surface area (Å²) in [5, 5.41) is 4.35. The second-order valence-corrected chi connectivity index (χ2v) is 6.90. The molecule has 1 aliphatic heterocycles. The van der Waals surface area contributed by atoms with E-state index in [0.29, 0.717) is 16.7 Å². The summed E-state index contributed by atoms with van der Waals surface area (Å²) in [4.78, 5) is 62.1. The number of carbonyl (C=O) groups is 5. The molecule has 0 bridgehead atoms. The number of nitrogens with one attached hydrogen (secondary N) is 2. The van der Waals surface area contributed by atoms with Crippen molar-refractivity contribution in [3.05, 3.63) is 77.4 Å². The molecule has 0 aromatic heterocycles. The molecule has 10 nitrogen and oxygen atoms in total. The van der Waals surface area contributed by atoms with E-state index in [-0.39, 0.29) is 24.4 Å². The summed E-state index contributed by atoms with van der Waals surface area (Å²) < 4.78 is 10.2. The van der Waals surface area contributed by atoms with Crippen LogP contribution in [-0.2, 0) is 16.1 Å². The Morgan fingerprint density at radius 2 is 1.73 bits per heavy atom. The molecule has 2 N–H and O–H groups in total. The molecule has 0 saturated heterocycles. The summed E-state index contributed by atoms with van der Waals surface area (Å²) in [6.07, 6.45) is 1.44. The highest BCUT2D eigenvalue weighted by Crippen LogP contribution is 2.26. The molecule has 0 aliphatic carbocycles. The van der Waals surface area contributed by atoms with Gasteiger partial charge in [0, 0.05) is 6.54 Å². The number of benzene rings is 2. The van der Waals surface area contributed by atoms with E-state index in [2.05, 4.69) is 11.9 Å². The predicted molar refractivity (Wildman–Crippen MR) is 116 cm³/mol. The van der Waals surface area contributed by atoms with Crippen LogP contribution in [-0.4, -0.2) is 54.9 Å². The molecule has 0 unspecified atom stereocenters. The minimum atomic E-state index is -0.877. The van der Waals surface area contributed by atoms with Gasteiger partial charge in [-0.2, -0.15) is 0 Å². The van der Waals surface area contributed by atoms with Gasteiger partial charge in [-0.05, 0) is 29.8 Å². The van der Waals surface area contributed by atoms with E-state index in [1.54, 1.807) is 30.3 Å². The first kappa shape index (κ1) is 23.2. The first-order valence-electron chi connectivity index (χ1n) is 9.83. The minimum Gasteiger partial charge on any atom is -0.496 e. The highest BCUT2D eigenvalue weighted by Gasteiger charge is 2.35. The Morgan fingerprint density at radius 1 is 1.06 bits per heavy atom. The van der Waals surface area contributed by atoms with Crippen LogP contribution in [0.5, 0.6) is 5.75 Å². The van der Waals surface area contributed by atoms with E-state index >= 15 is 0 Å². The van der Waals surface area contributed by atoms with Crippen LogP contribution in [0.4, 0.5) is 4.79 Å². The smallest absolute Gasteiger partial charge is 0.342 e. The summed E-state index contributed by atoms with van der Waals surface area (Å²) in [6.45, 7) is 2.82. The zero-order valence-corrected chi connectivity index (χ0v) is 17.8. The maximum atomic E-state index is 12.6. The predicted octanol–water partition coefficient (Wildman–Crippen LogP) is 1.66. The van der Waals surface area contributed by atoms with E-state index in [9.17, 15) is 24.0 Å². The Kier molecular flexibility index (Phi) is 7.19. The lowest BCUT2D eigenvalue weighted by molar-refractivity contribution is -0.123. The van der Waals surface area contributed by atoms with Gasteiger partial charge in [0.1, 0.15) is 11.3 Å². The van der Waals surface area contributed by atoms with Crippen LogP contribution in [0.25, 0.3) is 0 Å². The molecule has 0 atom stereocenters. The average Bonchev–Trinajstić information content (AvgIpc) is 3.06. The fourth-order valence-electron chi connectivity index (χ4n) is 3.16. The summed E-state index contributed by atoms with van der Waals surface area (Å²) in [7, 11) is 1.35. The van der Waals surface area contributed by atoms with Crippen LogP contribution in [0.15, 0.2) is 55.1 Å². The molecule has 5 amide bonds. The molecule has 0 radical (unpaired) electrons. The number of esters is 1. The monoisotopic (exact) mass is 451 g/mol. The SMILES string of the molecule is C=CCNC(=O)NC(=O)COC(=O)c1cc(CN2C(=O)c3ccccc3C2=O)ccc1OC. The van der Waals surface area contributed by atoms with Crippen molar-refractivity contribution in [2.75, 3.05) is 20.3 Å². The topological polar surface area (TPSA) is 131 Å². The number of nitrogens with zero attached hydrogens (tertiary/aromatic N) is 1. The zero-order chi connectivity index (χ0) is 24.0. The number of ether oxygens (including phenoxy) is 2. The quantitative estimate of drug-likeness (QED) is 0.354. The summed E-state index contributed by atoms with van der Waals surface area (Å²) >= 11 is 0. The minimum absolute atomic E-state index is 0.00415. The Morgan fingerprint density at radius 3 is 2.33 bits per heavy atom. The lowest BCUT2D eigenvalue weighted by atomic mass is 10.1. The summed E-state index contributed by atoms with van der Waals surface area (Å²) in [5.41, 5.74) is 1.11. The first-order valence-corrected chi connectivity index (χ1v) is 9.83. The molecular formula is C23H21N3O7. The van der Waals surface area contributed by atoms with E-state index in [0.717, 1.165) is 4.90 Å². The molecule has 2 aromatic carbocycles. The van der Waals surface area contributed by atoms with Gasteiger partial charge in [0.25, 0.3) is 17.7 Å². The van der Waals surface area contributed by atoms with Crippen molar-refractivity contribution >= 4 is 29.7 Å². The van der Waals surface area contributed by atoms with E-state index in [4.69, 9.17) is 9.47 Å². The van der Waals surface area contributed by atoms with Gasteiger partial charge in [0.15, 0.2) is 6.61 Å². The van der Waals surface area contributed by atoms with Gasteiger partial charge in [-0.15, -0.1) is 6.58 Å². The summed E-state index contributed by atoms with van der Waals surface area (Å²) in [5.74, 6) is -2.39. The van der Waals surface area contributed by atoms with Gasteiger partial charge in [0.2, 0.25) is 0 Å². The van der Waals surface area contributed by atoms with E-state index in [1.807, 2.05) is 5.32 Å². The standard InChI is InChI=1S/C23H21N3O7/c1-3-10-24-23(31)25-19(27)13-33-22(30)17-11-14(8-9-18(17)32-2)12-26-20(28)15-6-4-5-7-16(15)21(26)29/h3-9,11H,1,10,12-13H2,2H3,(H2,24,25,27,31). The van der Waals surface area contributed by atoms with Crippen LogP contribution in [0.2, 0.25) is 0 Å². The van der Waals surface area contributed by atoms with Crippen molar-refractivity contribution in [3.63, 3.8) is 0 Å². The molecule has 170 valence electrons. The average molecular weight is 451 g/mol. The highest BCUT2D eigenvalue weighted by molar-refractivity contribution is 6.21. The van der Waals surface area contributed by atoms with Gasteiger partial charge in [-0.3, -0.25) is 24.6 Å². The molecule has 3 rings (SSSR count). The van der Waals surface area contributed by atoms with E-state index in [1.165, 1.54) is 25.3 Å². The van der Waals surface area contributed by atoms with Crippen molar-refractivity contribution in [1.82, 2.24) is 15.5 Å². The fourth-order valence-corrected chi connectivity index (χ4v) is 3.16. The largest absolute Gasteiger partial charge is 0.496 e. The molecule has 0 saturated carbocycles. The number of imide groups is 2. The molecular weight excluding hydrogens is 430 g/mol. The van der Waals surface area contributed by atoms with Gasteiger partial charge >= 0.3 is 12.0 Å². The number of rotatable bonds is 8. The molecule has 1 heterocycles. The Labute approximate surface area is 189 Å². The number of methoxy groups -OCH3 is 1. The van der Waals surface area contributed by atoms with Crippen LogP contribution < -0.4 is 15.4 Å². The number of hydrogen-bond acceptors (Lipinski definition) is 7. The molecule has 0 fully saturated rings. The second-order valence-electron chi connectivity index (χ2n) is 6.90.